The maximum Gasteiger partial charge on any atom is 0.230 e. The molecule has 1 aromatic carbocycles. The monoisotopic (exact) mass is 357 g/mol. The summed E-state index contributed by atoms with van der Waals surface area (Å²) in [7, 11) is 3.34. The molecule has 0 aliphatic heterocycles. The summed E-state index contributed by atoms with van der Waals surface area (Å²) in [5, 5.41) is 3.10. The number of rotatable bonds is 9. The van der Waals surface area contributed by atoms with E-state index in [0.29, 0.717) is 19.6 Å². The molecule has 0 spiro atoms. The van der Waals surface area contributed by atoms with E-state index in [1.807, 2.05) is 37.4 Å². The fourth-order valence-corrected chi connectivity index (χ4v) is 3.34. The molecule has 6 heteroatoms. The lowest BCUT2D eigenvalue weighted by atomic mass is 9.95. The molecular formula is C20H27N3O3. The van der Waals surface area contributed by atoms with Gasteiger partial charge in [0.05, 0.1) is 19.1 Å². The van der Waals surface area contributed by atoms with E-state index in [9.17, 15) is 4.79 Å². The number of imidazole rings is 1. The first-order valence-electron chi connectivity index (χ1n) is 9.03. The van der Waals surface area contributed by atoms with E-state index < -0.39 is 0 Å². The van der Waals surface area contributed by atoms with Crippen molar-refractivity contribution in [3.63, 3.8) is 0 Å². The van der Waals surface area contributed by atoms with Gasteiger partial charge in [0, 0.05) is 38.5 Å². The summed E-state index contributed by atoms with van der Waals surface area (Å²) in [5.74, 6) is 1.90. The highest BCUT2D eigenvalue weighted by molar-refractivity contribution is 5.91. The van der Waals surface area contributed by atoms with Crippen LogP contribution in [0, 0.1) is 6.92 Å². The van der Waals surface area contributed by atoms with Gasteiger partial charge in [-0.25, -0.2) is 4.98 Å². The van der Waals surface area contributed by atoms with Crippen LogP contribution in [-0.4, -0.2) is 42.8 Å². The fraction of sp³-hybridized carbons (Fsp3) is 0.500. The average molecular weight is 357 g/mol. The highest BCUT2D eigenvalue weighted by Gasteiger charge is 2.51. The minimum atomic E-state index is -0.367. The number of hydrogen-bond acceptors (Lipinski definition) is 4. The van der Waals surface area contributed by atoms with Gasteiger partial charge < -0.3 is 19.4 Å². The van der Waals surface area contributed by atoms with Crippen LogP contribution in [0.25, 0.3) is 0 Å². The Morgan fingerprint density at radius 3 is 2.62 bits per heavy atom. The molecule has 0 saturated heterocycles. The molecule has 2 aromatic rings. The van der Waals surface area contributed by atoms with Crippen molar-refractivity contribution in [3.8, 4) is 5.75 Å². The molecule has 1 aliphatic rings. The number of carbonyl (C=O) groups excluding carboxylic acids is 1. The summed E-state index contributed by atoms with van der Waals surface area (Å²) in [6, 6.07) is 7.81. The van der Waals surface area contributed by atoms with E-state index in [1.165, 1.54) is 0 Å². The van der Waals surface area contributed by atoms with Crippen LogP contribution in [0.3, 0.4) is 0 Å². The van der Waals surface area contributed by atoms with Gasteiger partial charge in [-0.1, -0.05) is 12.1 Å². The molecule has 1 saturated carbocycles. The van der Waals surface area contributed by atoms with E-state index in [2.05, 4.69) is 14.9 Å². The van der Waals surface area contributed by atoms with Gasteiger partial charge in [-0.2, -0.15) is 0 Å². The minimum Gasteiger partial charge on any atom is -0.497 e. The maximum absolute atomic E-state index is 12.7. The summed E-state index contributed by atoms with van der Waals surface area (Å²) in [5.41, 5.74) is 1.81. The van der Waals surface area contributed by atoms with E-state index >= 15 is 0 Å². The molecule has 140 valence electrons. The Balaban J connectivity index is 1.57. The van der Waals surface area contributed by atoms with Gasteiger partial charge in [-0.3, -0.25) is 4.79 Å². The van der Waals surface area contributed by atoms with Gasteiger partial charge >= 0.3 is 0 Å². The second kappa shape index (κ2) is 7.91. The number of ether oxygens (including phenoxy) is 2. The zero-order valence-electron chi connectivity index (χ0n) is 15.7. The van der Waals surface area contributed by atoms with Crippen molar-refractivity contribution >= 4 is 5.91 Å². The summed E-state index contributed by atoms with van der Waals surface area (Å²) in [6.07, 6.45) is 4.37. The zero-order chi connectivity index (χ0) is 18.6. The summed E-state index contributed by atoms with van der Waals surface area (Å²) in [4.78, 5) is 17.2. The lowest BCUT2D eigenvalue weighted by Crippen LogP contribution is -2.36. The number of nitrogens with zero attached hydrogens (tertiary/aromatic N) is 2. The van der Waals surface area contributed by atoms with E-state index in [4.69, 9.17) is 9.47 Å². The fourth-order valence-electron chi connectivity index (χ4n) is 3.34. The summed E-state index contributed by atoms with van der Waals surface area (Å²) < 4.78 is 12.5. The van der Waals surface area contributed by atoms with Crippen LogP contribution in [0.4, 0.5) is 0 Å². The third-order valence-electron chi connectivity index (χ3n) is 5.12. The Labute approximate surface area is 154 Å². The van der Waals surface area contributed by atoms with Crippen molar-refractivity contribution in [2.45, 2.75) is 38.1 Å². The van der Waals surface area contributed by atoms with Crippen LogP contribution in [0.15, 0.2) is 30.5 Å². The quantitative estimate of drug-likeness (QED) is 0.747. The Morgan fingerprint density at radius 1 is 1.27 bits per heavy atom. The standard InChI is InChI=1S/C20H27N3O3/c1-15-14-22-18(23(15)12-13-25-2)8-11-21-19(24)20(9-10-20)16-4-6-17(26-3)7-5-16/h4-7,14H,8-13H2,1-3H3,(H,21,24). The molecule has 0 radical (unpaired) electrons. The Kier molecular flexibility index (Phi) is 5.61. The highest BCUT2D eigenvalue weighted by Crippen LogP contribution is 2.48. The topological polar surface area (TPSA) is 65.4 Å². The number of nitrogens with one attached hydrogen (secondary N) is 1. The van der Waals surface area contributed by atoms with Crippen molar-refractivity contribution in [2.75, 3.05) is 27.4 Å². The average Bonchev–Trinajstić information content (AvgIpc) is 3.40. The Morgan fingerprint density at radius 2 is 2.00 bits per heavy atom. The van der Waals surface area contributed by atoms with Gasteiger partial charge in [-0.15, -0.1) is 0 Å². The lowest BCUT2D eigenvalue weighted by molar-refractivity contribution is -0.123. The maximum atomic E-state index is 12.7. The van der Waals surface area contributed by atoms with Gasteiger partial charge in [0.25, 0.3) is 0 Å². The largest absolute Gasteiger partial charge is 0.497 e. The van der Waals surface area contributed by atoms with Crippen LogP contribution < -0.4 is 10.1 Å². The van der Waals surface area contributed by atoms with E-state index in [0.717, 1.165) is 42.2 Å². The predicted molar refractivity (Wildman–Crippen MR) is 99.5 cm³/mol. The van der Waals surface area contributed by atoms with Crippen LogP contribution in [-0.2, 0) is 27.9 Å². The summed E-state index contributed by atoms with van der Waals surface area (Å²) in [6.45, 7) is 4.05. The molecule has 1 amide bonds. The molecule has 1 fully saturated rings. The second-order valence-electron chi connectivity index (χ2n) is 6.78. The SMILES string of the molecule is COCCn1c(C)cnc1CCNC(=O)C1(c2ccc(OC)cc2)CC1. The van der Waals surface area contributed by atoms with Gasteiger partial charge in [-0.05, 0) is 37.5 Å². The van der Waals surface area contributed by atoms with Crippen molar-refractivity contribution in [2.24, 2.45) is 0 Å². The zero-order valence-corrected chi connectivity index (χ0v) is 15.7. The molecule has 0 bridgehead atoms. The molecule has 26 heavy (non-hydrogen) atoms. The van der Waals surface area contributed by atoms with Crippen molar-refractivity contribution in [1.29, 1.82) is 0 Å². The number of aromatic nitrogens is 2. The first-order chi connectivity index (χ1) is 12.6. The Bertz CT molecular complexity index is 748. The normalized spacial score (nSPS) is 14.9. The van der Waals surface area contributed by atoms with Crippen LogP contribution in [0.5, 0.6) is 5.75 Å². The van der Waals surface area contributed by atoms with E-state index in [1.54, 1.807) is 14.2 Å². The van der Waals surface area contributed by atoms with Crippen LogP contribution >= 0.6 is 0 Å². The van der Waals surface area contributed by atoms with E-state index in [-0.39, 0.29) is 11.3 Å². The van der Waals surface area contributed by atoms with Crippen molar-refractivity contribution in [3.05, 3.63) is 47.5 Å². The minimum absolute atomic E-state index is 0.106. The molecule has 1 N–H and O–H groups in total. The second-order valence-corrected chi connectivity index (χ2v) is 6.78. The van der Waals surface area contributed by atoms with Gasteiger partial charge in [0.1, 0.15) is 11.6 Å². The molecule has 1 heterocycles. The molecule has 3 rings (SSSR count). The van der Waals surface area contributed by atoms with Gasteiger partial charge in [0.15, 0.2) is 0 Å². The number of carbonyl (C=O) groups is 1. The first-order valence-corrected chi connectivity index (χ1v) is 9.03. The molecule has 1 aliphatic carbocycles. The third-order valence-corrected chi connectivity index (χ3v) is 5.12. The Hall–Kier alpha value is -2.34. The van der Waals surface area contributed by atoms with Crippen LogP contribution in [0.1, 0.15) is 29.9 Å². The molecule has 1 aromatic heterocycles. The first kappa shape index (κ1) is 18.5. The predicted octanol–water partition coefficient (Wildman–Crippen LogP) is 2.24. The molecule has 6 nitrogen and oxygen atoms in total. The van der Waals surface area contributed by atoms with Gasteiger partial charge in [0.2, 0.25) is 5.91 Å². The summed E-state index contributed by atoms with van der Waals surface area (Å²) >= 11 is 0. The highest BCUT2D eigenvalue weighted by atomic mass is 16.5. The number of hydrogen-bond donors (Lipinski definition) is 1. The number of aryl methyl sites for hydroxylation is 1. The van der Waals surface area contributed by atoms with Crippen molar-refractivity contribution < 1.29 is 14.3 Å². The molecular weight excluding hydrogens is 330 g/mol. The molecule has 0 atom stereocenters. The third kappa shape index (κ3) is 3.75. The molecule has 0 unspecified atom stereocenters. The number of benzene rings is 1. The number of methoxy groups -OCH3 is 2. The lowest BCUT2D eigenvalue weighted by Gasteiger charge is -2.16. The number of amides is 1. The van der Waals surface area contributed by atoms with Crippen molar-refractivity contribution in [1.82, 2.24) is 14.9 Å². The smallest absolute Gasteiger partial charge is 0.230 e. The van der Waals surface area contributed by atoms with Crippen LogP contribution in [0.2, 0.25) is 0 Å².